The maximum Gasteiger partial charge on any atom is 0.123 e. The zero-order valence-electron chi connectivity index (χ0n) is 10.6. The van der Waals surface area contributed by atoms with Crippen LogP contribution in [0.1, 0.15) is 29.8 Å². The predicted molar refractivity (Wildman–Crippen MR) is 76.4 cm³/mol. The van der Waals surface area contributed by atoms with E-state index in [1.165, 1.54) is 12.1 Å². The quantitative estimate of drug-likeness (QED) is 0.927. The lowest BCUT2D eigenvalue weighted by Crippen LogP contribution is -2.05. The Morgan fingerprint density at radius 2 is 2.11 bits per heavy atom. The summed E-state index contributed by atoms with van der Waals surface area (Å²) in [5, 5.41) is 10.2. The Labute approximate surface area is 120 Å². The molecule has 0 spiro atoms. The van der Waals surface area contributed by atoms with E-state index in [1.54, 1.807) is 6.07 Å². The number of hydrogen-bond donors (Lipinski definition) is 1. The third kappa shape index (κ3) is 3.61. The van der Waals surface area contributed by atoms with Crippen LogP contribution in [0.2, 0.25) is 0 Å². The van der Waals surface area contributed by atoms with Gasteiger partial charge in [-0.1, -0.05) is 28.9 Å². The van der Waals surface area contributed by atoms with Crippen LogP contribution in [0.4, 0.5) is 4.39 Å². The number of aromatic nitrogens is 1. The second-order valence-corrected chi connectivity index (χ2v) is 5.25. The van der Waals surface area contributed by atoms with Crippen molar-refractivity contribution in [2.75, 3.05) is 0 Å². The summed E-state index contributed by atoms with van der Waals surface area (Å²) in [7, 11) is 0. The minimum atomic E-state index is -0.773. The van der Waals surface area contributed by atoms with Gasteiger partial charge in [-0.25, -0.2) is 4.39 Å². The molecule has 0 bridgehead atoms. The minimum Gasteiger partial charge on any atom is -0.388 e. The van der Waals surface area contributed by atoms with E-state index in [4.69, 9.17) is 0 Å². The lowest BCUT2D eigenvalue weighted by Gasteiger charge is -2.13. The third-order valence-corrected chi connectivity index (χ3v) is 3.74. The highest BCUT2D eigenvalue weighted by Gasteiger charge is 2.13. The number of aliphatic hydroxyl groups excluding tert-OH is 1. The zero-order chi connectivity index (χ0) is 13.8. The normalized spacial score (nSPS) is 12.4. The number of rotatable bonds is 4. The van der Waals surface area contributed by atoms with E-state index in [1.807, 2.05) is 18.3 Å². The van der Waals surface area contributed by atoms with Gasteiger partial charge in [-0.3, -0.25) is 4.98 Å². The van der Waals surface area contributed by atoms with Crippen molar-refractivity contribution in [1.29, 1.82) is 0 Å². The molecule has 1 aromatic heterocycles. The van der Waals surface area contributed by atoms with E-state index in [0.717, 1.165) is 17.7 Å². The van der Waals surface area contributed by atoms with Crippen LogP contribution in [-0.4, -0.2) is 10.1 Å². The molecule has 2 nitrogen and oxygen atoms in total. The fourth-order valence-electron chi connectivity index (χ4n) is 1.86. The summed E-state index contributed by atoms with van der Waals surface area (Å²) in [6, 6.07) is 8.19. The smallest absolute Gasteiger partial charge is 0.123 e. The fourth-order valence-corrected chi connectivity index (χ4v) is 2.37. The van der Waals surface area contributed by atoms with E-state index in [0.29, 0.717) is 16.5 Å². The summed E-state index contributed by atoms with van der Waals surface area (Å²) >= 11 is 3.32. The Kier molecular flexibility index (Phi) is 4.66. The van der Waals surface area contributed by atoms with Crippen LogP contribution in [0.15, 0.2) is 41.0 Å². The second kappa shape index (κ2) is 6.26. The third-order valence-electron chi connectivity index (χ3n) is 3.01. The van der Waals surface area contributed by atoms with Crippen molar-refractivity contribution < 1.29 is 9.50 Å². The highest BCUT2D eigenvalue weighted by molar-refractivity contribution is 9.10. The number of hydrogen-bond acceptors (Lipinski definition) is 2. The molecular weight excluding hydrogens is 309 g/mol. The highest BCUT2D eigenvalue weighted by atomic mass is 79.9. The van der Waals surface area contributed by atoms with Gasteiger partial charge in [0.1, 0.15) is 5.82 Å². The number of halogens is 2. The average molecular weight is 324 g/mol. The van der Waals surface area contributed by atoms with Crippen molar-refractivity contribution in [2.24, 2.45) is 0 Å². The number of pyridine rings is 1. The van der Waals surface area contributed by atoms with Gasteiger partial charge in [0.2, 0.25) is 0 Å². The standard InChI is InChI=1S/C15H15BrFNO/c1-2-10-3-5-12(18-9-10)8-15(19)13-7-11(17)4-6-14(13)16/h3-7,9,15,19H,2,8H2,1H3. The van der Waals surface area contributed by atoms with Gasteiger partial charge in [-0.2, -0.15) is 0 Å². The molecule has 1 unspecified atom stereocenters. The molecule has 19 heavy (non-hydrogen) atoms. The van der Waals surface area contributed by atoms with Gasteiger partial charge in [-0.05, 0) is 41.8 Å². The van der Waals surface area contributed by atoms with Crippen LogP contribution in [-0.2, 0) is 12.8 Å². The van der Waals surface area contributed by atoms with E-state index in [9.17, 15) is 9.50 Å². The molecule has 0 radical (unpaired) electrons. The molecule has 0 aliphatic carbocycles. The van der Waals surface area contributed by atoms with Crippen LogP contribution in [0, 0.1) is 5.82 Å². The van der Waals surface area contributed by atoms with Gasteiger partial charge in [0, 0.05) is 22.8 Å². The first-order valence-electron chi connectivity index (χ1n) is 6.17. The van der Waals surface area contributed by atoms with E-state index in [2.05, 4.69) is 27.8 Å². The molecule has 2 aromatic rings. The van der Waals surface area contributed by atoms with Gasteiger partial charge in [0.15, 0.2) is 0 Å². The van der Waals surface area contributed by atoms with Gasteiger partial charge in [0.25, 0.3) is 0 Å². The first-order valence-corrected chi connectivity index (χ1v) is 6.96. The Balaban J connectivity index is 2.15. The van der Waals surface area contributed by atoms with Crippen LogP contribution in [0.25, 0.3) is 0 Å². The van der Waals surface area contributed by atoms with Crippen molar-refractivity contribution in [3.63, 3.8) is 0 Å². The average Bonchev–Trinajstić information content (AvgIpc) is 2.42. The van der Waals surface area contributed by atoms with E-state index in [-0.39, 0.29) is 5.82 Å². The summed E-state index contributed by atoms with van der Waals surface area (Å²) < 4.78 is 13.9. The van der Waals surface area contributed by atoms with E-state index >= 15 is 0 Å². The largest absolute Gasteiger partial charge is 0.388 e. The molecule has 4 heteroatoms. The number of aryl methyl sites for hydroxylation is 1. The highest BCUT2D eigenvalue weighted by Crippen LogP contribution is 2.26. The van der Waals surface area contributed by atoms with Crippen LogP contribution in [0.5, 0.6) is 0 Å². The summed E-state index contributed by atoms with van der Waals surface area (Å²) in [5.41, 5.74) is 2.49. The molecule has 100 valence electrons. The molecule has 1 aromatic carbocycles. The molecule has 0 aliphatic rings. The molecule has 2 rings (SSSR count). The van der Waals surface area contributed by atoms with Gasteiger partial charge < -0.3 is 5.11 Å². The predicted octanol–water partition coefficient (Wildman–Crippen LogP) is 3.82. The summed E-state index contributed by atoms with van der Waals surface area (Å²) in [5.74, 6) is -0.355. The van der Waals surface area contributed by atoms with Crippen molar-refractivity contribution in [1.82, 2.24) is 4.98 Å². The molecule has 0 saturated carbocycles. The fraction of sp³-hybridized carbons (Fsp3) is 0.267. The molecule has 0 aliphatic heterocycles. The first kappa shape index (κ1) is 14.2. The maximum absolute atomic E-state index is 13.2. The SMILES string of the molecule is CCc1ccc(CC(O)c2cc(F)ccc2Br)nc1. The molecule has 1 N–H and O–H groups in total. The lowest BCUT2D eigenvalue weighted by molar-refractivity contribution is 0.176. The maximum atomic E-state index is 13.2. The molecule has 0 amide bonds. The number of nitrogens with zero attached hydrogens (tertiary/aromatic N) is 1. The molecular formula is C15H15BrFNO. The summed E-state index contributed by atoms with van der Waals surface area (Å²) in [4.78, 5) is 4.30. The molecule has 1 heterocycles. The van der Waals surface area contributed by atoms with E-state index < -0.39 is 6.10 Å². The second-order valence-electron chi connectivity index (χ2n) is 4.40. The van der Waals surface area contributed by atoms with Gasteiger partial charge in [-0.15, -0.1) is 0 Å². The molecule has 0 fully saturated rings. The zero-order valence-corrected chi connectivity index (χ0v) is 12.2. The van der Waals surface area contributed by atoms with Crippen LogP contribution < -0.4 is 0 Å². The molecule has 0 saturated heterocycles. The Morgan fingerprint density at radius 3 is 2.74 bits per heavy atom. The van der Waals surface area contributed by atoms with Crippen molar-refractivity contribution in [3.8, 4) is 0 Å². The number of aliphatic hydroxyl groups is 1. The summed E-state index contributed by atoms with van der Waals surface area (Å²) in [6.45, 7) is 2.06. The summed E-state index contributed by atoms with van der Waals surface area (Å²) in [6.07, 6.45) is 2.34. The van der Waals surface area contributed by atoms with Crippen molar-refractivity contribution in [2.45, 2.75) is 25.9 Å². The first-order chi connectivity index (χ1) is 9.10. The Morgan fingerprint density at radius 1 is 1.32 bits per heavy atom. The minimum absolute atomic E-state index is 0.355. The monoisotopic (exact) mass is 323 g/mol. The van der Waals surface area contributed by atoms with Crippen molar-refractivity contribution >= 4 is 15.9 Å². The van der Waals surface area contributed by atoms with Crippen LogP contribution in [0.3, 0.4) is 0 Å². The van der Waals surface area contributed by atoms with Crippen molar-refractivity contribution in [3.05, 3.63) is 63.6 Å². The topological polar surface area (TPSA) is 33.1 Å². The number of benzene rings is 1. The van der Waals surface area contributed by atoms with Crippen LogP contribution >= 0.6 is 15.9 Å². The Bertz CT molecular complexity index is 557. The van der Waals surface area contributed by atoms with Gasteiger partial charge in [0.05, 0.1) is 6.10 Å². The van der Waals surface area contributed by atoms with Gasteiger partial charge >= 0.3 is 0 Å². The Hall–Kier alpha value is -1.26. The lowest BCUT2D eigenvalue weighted by atomic mass is 10.0. The molecule has 1 atom stereocenters.